The van der Waals surface area contributed by atoms with Crippen molar-refractivity contribution in [3.63, 3.8) is 0 Å². The van der Waals surface area contributed by atoms with E-state index in [1.54, 1.807) is 0 Å². The van der Waals surface area contributed by atoms with E-state index in [0.29, 0.717) is 5.92 Å². The summed E-state index contributed by atoms with van der Waals surface area (Å²) in [4.78, 5) is 13.9. The minimum absolute atomic E-state index is 0.0344. The molecule has 134 valence electrons. The highest BCUT2D eigenvalue weighted by Gasteiger charge is 2.35. The molecule has 3 rings (SSSR count). The van der Waals surface area contributed by atoms with Crippen LogP contribution in [0.2, 0.25) is 0 Å². The van der Waals surface area contributed by atoms with Crippen LogP contribution in [0.1, 0.15) is 31.6 Å². The standard InChI is InChI=1S/C17H28N4O3/c1-3-21-15(6-7-18-21)17-13(5-4-8-24-17)9-20-10-14(11-20)19-16(22)12-23-2/h6-7,13-14,17H,3-5,8-12H2,1-2H3,(H,19,22)/t13-,17+/m0/s1. The first-order valence-corrected chi connectivity index (χ1v) is 8.85. The van der Waals surface area contributed by atoms with Crippen LogP contribution in [0, 0.1) is 5.92 Å². The number of rotatable bonds is 7. The van der Waals surface area contributed by atoms with Gasteiger partial charge in [-0.05, 0) is 25.8 Å². The van der Waals surface area contributed by atoms with Gasteiger partial charge >= 0.3 is 0 Å². The quantitative estimate of drug-likeness (QED) is 0.798. The molecule has 0 bridgehead atoms. The number of methoxy groups -OCH3 is 1. The molecule has 2 aliphatic rings. The van der Waals surface area contributed by atoms with Crippen LogP contribution >= 0.6 is 0 Å². The molecule has 7 nitrogen and oxygen atoms in total. The molecular weight excluding hydrogens is 308 g/mol. The van der Waals surface area contributed by atoms with Gasteiger partial charge in [0.15, 0.2) is 0 Å². The zero-order valence-electron chi connectivity index (χ0n) is 14.6. The van der Waals surface area contributed by atoms with E-state index >= 15 is 0 Å². The molecule has 2 fully saturated rings. The molecule has 0 saturated carbocycles. The highest BCUT2D eigenvalue weighted by Crippen LogP contribution is 2.34. The molecule has 0 unspecified atom stereocenters. The van der Waals surface area contributed by atoms with E-state index < -0.39 is 0 Å². The van der Waals surface area contributed by atoms with Crippen molar-refractivity contribution in [2.24, 2.45) is 5.92 Å². The molecule has 2 saturated heterocycles. The van der Waals surface area contributed by atoms with Gasteiger partial charge in [0.1, 0.15) is 12.7 Å². The zero-order chi connectivity index (χ0) is 16.9. The Balaban J connectivity index is 1.52. The van der Waals surface area contributed by atoms with E-state index in [1.807, 2.05) is 10.9 Å². The van der Waals surface area contributed by atoms with Crippen LogP contribution in [0.4, 0.5) is 0 Å². The van der Waals surface area contributed by atoms with Crippen LogP contribution in [0.25, 0.3) is 0 Å². The molecule has 24 heavy (non-hydrogen) atoms. The summed E-state index contributed by atoms with van der Waals surface area (Å²) in [5, 5.41) is 7.37. The highest BCUT2D eigenvalue weighted by molar-refractivity contribution is 5.77. The number of hydrogen-bond donors (Lipinski definition) is 1. The Morgan fingerprint density at radius 3 is 3.08 bits per heavy atom. The van der Waals surface area contributed by atoms with E-state index in [4.69, 9.17) is 9.47 Å². The summed E-state index contributed by atoms with van der Waals surface area (Å²) >= 11 is 0. The lowest BCUT2D eigenvalue weighted by atomic mass is 9.90. The third-order valence-corrected chi connectivity index (χ3v) is 4.88. The largest absolute Gasteiger partial charge is 0.375 e. The Kier molecular flexibility index (Phi) is 5.86. The molecular formula is C17H28N4O3. The number of ether oxygens (including phenoxy) is 2. The average Bonchev–Trinajstić information content (AvgIpc) is 3.02. The monoisotopic (exact) mass is 336 g/mol. The van der Waals surface area contributed by atoms with Crippen molar-refractivity contribution in [3.8, 4) is 0 Å². The van der Waals surface area contributed by atoms with Gasteiger partial charge in [0, 0.05) is 52.0 Å². The maximum Gasteiger partial charge on any atom is 0.246 e. The lowest BCUT2D eigenvalue weighted by Crippen LogP contribution is -2.60. The lowest BCUT2D eigenvalue weighted by molar-refractivity contribution is -0.126. The smallest absolute Gasteiger partial charge is 0.246 e. The van der Waals surface area contributed by atoms with Crippen LogP contribution < -0.4 is 5.32 Å². The molecule has 0 aromatic carbocycles. The fraction of sp³-hybridized carbons (Fsp3) is 0.765. The van der Waals surface area contributed by atoms with Crippen molar-refractivity contribution >= 4 is 5.91 Å². The highest BCUT2D eigenvalue weighted by atomic mass is 16.5. The van der Waals surface area contributed by atoms with Crippen LogP contribution in [0.3, 0.4) is 0 Å². The van der Waals surface area contributed by atoms with E-state index in [0.717, 1.165) is 39.2 Å². The number of amides is 1. The van der Waals surface area contributed by atoms with Crippen LogP contribution in [-0.2, 0) is 20.8 Å². The predicted octanol–water partition coefficient (Wildman–Crippen LogP) is 0.818. The summed E-state index contributed by atoms with van der Waals surface area (Å²) in [6.45, 7) is 6.76. The van der Waals surface area contributed by atoms with Gasteiger partial charge in [0.2, 0.25) is 5.91 Å². The number of carbonyl (C=O) groups excluding carboxylic acids is 1. The third kappa shape index (κ3) is 3.96. The topological polar surface area (TPSA) is 68.6 Å². The summed E-state index contributed by atoms with van der Waals surface area (Å²) in [5.41, 5.74) is 1.19. The number of likely N-dealkylation sites (tertiary alicyclic amines) is 1. The number of carbonyl (C=O) groups is 1. The number of hydrogen-bond acceptors (Lipinski definition) is 5. The van der Waals surface area contributed by atoms with Crippen molar-refractivity contribution in [3.05, 3.63) is 18.0 Å². The van der Waals surface area contributed by atoms with Crippen molar-refractivity contribution in [1.82, 2.24) is 20.0 Å². The predicted molar refractivity (Wildman–Crippen MR) is 89.6 cm³/mol. The Morgan fingerprint density at radius 2 is 2.33 bits per heavy atom. The second kappa shape index (κ2) is 8.09. The van der Waals surface area contributed by atoms with Crippen LogP contribution in [0.5, 0.6) is 0 Å². The second-order valence-electron chi connectivity index (χ2n) is 6.68. The fourth-order valence-corrected chi connectivity index (χ4v) is 3.75. The number of aromatic nitrogens is 2. The Hall–Kier alpha value is -1.44. The summed E-state index contributed by atoms with van der Waals surface area (Å²) in [7, 11) is 1.54. The molecule has 1 aromatic rings. The molecule has 7 heteroatoms. The minimum atomic E-state index is -0.0344. The van der Waals surface area contributed by atoms with Crippen LogP contribution in [-0.4, -0.2) is 66.6 Å². The molecule has 0 spiro atoms. The first-order valence-electron chi connectivity index (χ1n) is 8.85. The molecule has 1 amide bonds. The molecule has 1 N–H and O–H groups in total. The summed E-state index contributed by atoms with van der Waals surface area (Å²) in [6, 6.07) is 2.33. The maximum absolute atomic E-state index is 11.5. The van der Waals surface area contributed by atoms with Crippen molar-refractivity contribution in [2.45, 2.75) is 38.5 Å². The Morgan fingerprint density at radius 1 is 1.50 bits per heavy atom. The van der Waals surface area contributed by atoms with E-state index in [-0.39, 0.29) is 24.7 Å². The first-order chi connectivity index (χ1) is 11.7. The van der Waals surface area contributed by atoms with Gasteiger partial charge in [0.25, 0.3) is 0 Å². The van der Waals surface area contributed by atoms with Crippen molar-refractivity contribution in [1.29, 1.82) is 0 Å². The third-order valence-electron chi connectivity index (χ3n) is 4.88. The maximum atomic E-state index is 11.5. The second-order valence-corrected chi connectivity index (χ2v) is 6.68. The Bertz CT molecular complexity index is 542. The molecule has 3 heterocycles. The average molecular weight is 336 g/mol. The van der Waals surface area contributed by atoms with E-state index in [1.165, 1.54) is 19.2 Å². The van der Waals surface area contributed by atoms with Gasteiger partial charge < -0.3 is 14.8 Å². The van der Waals surface area contributed by atoms with Gasteiger partial charge in [-0.15, -0.1) is 0 Å². The number of nitrogens with one attached hydrogen (secondary N) is 1. The van der Waals surface area contributed by atoms with Gasteiger partial charge in [-0.2, -0.15) is 5.10 Å². The van der Waals surface area contributed by atoms with Gasteiger partial charge in [-0.25, -0.2) is 0 Å². The SMILES string of the molecule is CCn1nccc1[C@@H]1OCCC[C@H]1CN1CC(NC(=O)COC)C1. The number of aryl methyl sites for hydroxylation is 1. The van der Waals surface area contributed by atoms with Gasteiger partial charge in [-0.3, -0.25) is 14.4 Å². The minimum Gasteiger partial charge on any atom is -0.375 e. The molecule has 0 aliphatic carbocycles. The zero-order valence-corrected chi connectivity index (χ0v) is 14.6. The van der Waals surface area contributed by atoms with E-state index in [9.17, 15) is 4.79 Å². The van der Waals surface area contributed by atoms with Gasteiger partial charge in [0.05, 0.1) is 11.7 Å². The Labute approximate surface area is 143 Å². The normalized spacial score (nSPS) is 25.4. The van der Waals surface area contributed by atoms with Crippen molar-refractivity contribution in [2.75, 3.05) is 40.0 Å². The lowest BCUT2D eigenvalue weighted by Gasteiger charge is -2.43. The molecule has 2 atom stereocenters. The van der Waals surface area contributed by atoms with Gasteiger partial charge in [-0.1, -0.05) is 0 Å². The summed E-state index contributed by atoms with van der Waals surface area (Å²) in [6.07, 6.45) is 4.28. The number of nitrogens with zero attached hydrogens (tertiary/aromatic N) is 3. The summed E-state index contributed by atoms with van der Waals surface area (Å²) in [5.74, 6) is 0.448. The van der Waals surface area contributed by atoms with E-state index in [2.05, 4.69) is 28.3 Å². The van der Waals surface area contributed by atoms with Crippen molar-refractivity contribution < 1.29 is 14.3 Å². The molecule has 1 aromatic heterocycles. The molecule has 0 radical (unpaired) electrons. The first kappa shape index (κ1) is 17.4. The summed E-state index contributed by atoms with van der Waals surface area (Å²) < 4.78 is 13.0. The van der Waals surface area contributed by atoms with Crippen LogP contribution in [0.15, 0.2) is 12.3 Å². The molecule has 2 aliphatic heterocycles. The fourth-order valence-electron chi connectivity index (χ4n) is 3.75.